The molecule has 2 unspecified atom stereocenters. The first-order valence-electron chi connectivity index (χ1n) is 6.12. The van der Waals surface area contributed by atoms with Crippen molar-refractivity contribution in [3.8, 4) is 0 Å². The lowest BCUT2D eigenvalue weighted by Gasteiger charge is -2.18. The molecular formula is C14H13FN2. The number of anilines is 1. The molecule has 1 fully saturated rings. The molecule has 1 saturated carbocycles. The van der Waals surface area contributed by atoms with Crippen LogP contribution in [-0.4, -0.2) is 4.98 Å². The van der Waals surface area contributed by atoms with Crippen LogP contribution in [-0.2, 0) is 0 Å². The van der Waals surface area contributed by atoms with Crippen molar-refractivity contribution in [2.75, 3.05) is 5.73 Å². The second-order valence-corrected chi connectivity index (χ2v) is 5.19. The molecule has 2 aliphatic rings. The zero-order chi connectivity index (χ0) is 11.6. The summed E-state index contributed by atoms with van der Waals surface area (Å²) in [6.07, 6.45) is 3.63. The molecule has 2 bridgehead atoms. The van der Waals surface area contributed by atoms with Gasteiger partial charge in [0, 0.05) is 34.3 Å². The van der Waals surface area contributed by atoms with Crippen molar-refractivity contribution in [1.82, 2.24) is 4.98 Å². The van der Waals surface area contributed by atoms with Crippen LogP contribution in [0.25, 0.3) is 10.9 Å². The minimum Gasteiger partial charge on any atom is -0.398 e. The fourth-order valence-corrected chi connectivity index (χ4v) is 3.53. The standard InChI is InChI=1S/C14H13FN2/c15-9-3-4-10-11(6-9)17-14-8-2-1-7(5-8)12(14)13(10)16/h3-4,6-8H,1-2,5H2,(H2,16,17). The van der Waals surface area contributed by atoms with Gasteiger partial charge in [-0.25, -0.2) is 4.39 Å². The van der Waals surface area contributed by atoms with Gasteiger partial charge in [-0.05, 0) is 37.3 Å². The van der Waals surface area contributed by atoms with E-state index < -0.39 is 0 Å². The highest BCUT2D eigenvalue weighted by Gasteiger charge is 2.39. The van der Waals surface area contributed by atoms with E-state index in [1.165, 1.54) is 37.0 Å². The number of hydrogen-bond donors (Lipinski definition) is 1. The van der Waals surface area contributed by atoms with Gasteiger partial charge in [-0.2, -0.15) is 0 Å². The van der Waals surface area contributed by atoms with E-state index in [-0.39, 0.29) is 5.82 Å². The summed E-state index contributed by atoms with van der Waals surface area (Å²) >= 11 is 0. The van der Waals surface area contributed by atoms with Gasteiger partial charge < -0.3 is 5.73 Å². The maximum atomic E-state index is 13.2. The van der Waals surface area contributed by atoms with E-state index in [1.54, 1.807) is 6.07 Å². The number of aromatic nitrogens is 1. The summed E-state index contributed by atoms with van der Waals surface area (Å²) in [5.41, 5.74) is 10.2. The van der Waals surface area contributed by atoms with Crippen LogP contribution in [0.3, 0.4) is 0 Å². The van der Waals surface area contributed by atoms with Gasteiger partial charge in [0.2, 0.25) is 0 Å². The average molecular weight is 228 g/mol. The predicted molar refractivity (Wildman–Crippen MR) is 65.4 cm³/mol. The van der Waals surface area contributed by atoms with E-state index in [4.69, 9.17) is 5.73 Å². The summed E-state index contributed by atoms with van der Waals surface area (Å²) in [6.45, 7) is 0. The fourth-order valence-electron chi connectivity index (χ4n) is 3.53. The number of pyridine rings is 1. The maximum absolute atomic E-state index is 13.2. The van der Waals surface area contributed by atoms with Crippen molar-refractivity contribution >= 4 is 16.6 Å². The molecule has 3 heteroatoms. The van der Waals surface area contributed by atoms with Gasteiger partial charge in [0.15, 0.2) is 0 Å². The first kappa shape index (κ1) is 9.40. The number of nitrogens with two attached hydrogens (primary N) is 1. The number of nitrogen functional groups attached to an aromatic ring is 1. The molecule has 0 amide bonds. The molecule has 2 aliphatic carbocycles. The highest BCUT2D eigenvalue weighted by Crippen LogP contribution is 2.55. The molecule has 4 rings (SSSR count). The van der Waals surface area contributed by atoms with Crippen LogP contribution >= 0.6 is 0 Å². The molecule has 17 heavy (non-hydrogen) atoms. The van der Waals surface area contributed by atoms with E-state index >= 15 is 0 Å². The quantitative estimate of drug-likeness (QED) is 0.751. The predicted octanol–water partition coefficient (Wildman–Crippen LogP) is 3.32. The highest BCUT2D eigenvalue weighted by atomic mass is 19.1. The lowest BCUT2D eigenvalue weighted by molar-refractivity contribution is 0.629. The third kappa shape index (κ3) is 1.11. The van der Waals surface area contributed by atoms with Crippen LogP contribution in [0.15, 0.2) is 18.2 Å². The number of nitrogens with zero attached hydrogens (tertiary/aromatic N) is 1. The number of rotatable bonds is 0. The van der Waals surface area contributed by atoms with Gasteiger partial charge in [0.05, 0.1) is 5.52 Å². The first-order chi connectivity index (χ1) is 8.24. The molecule has 2 nitrogen and oxygen atoms in total. The minimum absolute atomic E-state index is 0.243. The Hall–Kier alpha value is -1.64. The SMILES string of the molecule is Nc1c2c(nc3cc(F)ccc13)C1CCC2C1. The van der Waals surface area contributed by atoms with E-state index in [1.807, 2.05) is 0 Å². The van der Waals surface area contributed by atoms with Gasteiger partial charge >= 0.3 is 0 Å². The van der Waals surface area contributed by atoms with Crippen LogP contribution in [0.2, 0.25) is 0 Å². The first-order valence-corrected chi connectivity index (χ1v) is 6.12. The third-order valence-electron chi connectivity index (χ3n) is 4.28. The van der Waals surface area contributed by atoms with E-state index in [0.717, 1.165) is 16.8 Å². The van der Waals surface area contributed by atoms with Crippen molar-refractivity contribution in [3.05, 3.63) is 35.3 Å². The van der Waals surface area contributed by atoms with Crippen molar-refractivity contribution in [1.29, 1.82) is 0 Å². The van der Waals surface area contributed by atoms with Crippen LogP contribution < -0.4 is 5.73 Å². The summed E-state index contributed by atoms with van der Waals surface area (Å²) in [7, 11) is 0. The minimum atomic E-state index is -0.243. The smallest absolute Gasteiger partial charge is 0.125 e. The lowest BCUT2D eigenvalue weighted by Crippen LogP contribution is -2.06. The Balaban J connectivity index is 2.10. The van der Waals surface area contributed by atoms with Crippen LogP contribution in [0.5, 0.6) is 0 Å². The monoisotopic (exact) mass is 228 g/mol. The number of benzene rings is 1. The maximum Gasteiger partial charge on any atom is 0.125 e. The molecule has 2 aromatic rings. The van der Waals surface area contributed by atoms with E-state index in [2.05, 4.69) is 4.98 Å². The summed E-state index contributed by atoms with van der Waals surface area (Å²) < 4.78 is 13.2. The van der Waals surface area contributed by atoms with Crippen LogP contribution in [0.4, 0.5) is 10.1 Å². The van der Waals surface area contributed by atoms with E-state index in [0.29, 0.717) is 17.4 Å². The van der Waals surface area contributed by atoms with Crippen molar-refractivity contribution < 1.29 is 4.39 Å². The Morgan fingerprint density at radius 2 is 2.06 bits per heavy atom. The summed E-state index contributed by atoms with van der Waals surface area (Å²) in [5.74, 6) is 0.912. The van der Waals surface area contributed by atoms with Gasteiger partial charge in [0.1, 0.15) is 5.82 Å². The van der Waals surface area contributed by atoms with Crippen molar-refractivity contribution in [2.45, 2.75) is 31.1 Å². The summed E-state index contributed by atoms with van der Waals surface area (Å²) in [5, 5.41) is 0.901. The zero-order valence-corrected chi connectivity index (χ0v) is 9.41. The zero-order valence-electron chi connectivity index (χ0n) is 9.41. The Bertz CT molecular complexity index is 636. The normalized spacial score (nSPS) is 25.5. The molecule has 2 atom stereocenters. The molecular weight excluding hydrogens is 215 g/mol. The molecule has 1 heterocycles. The van der Waals surface area contributed by atoms with Gasteiger partial charge in [-0.15, -0.1) is 0 Å². The second-order valence-electron chi connectivity index (χ2n) is 5.19. The molecule has 0 saturated heterocycles. The third-order valence-corrected chi connectivity index (χ3v) is 4.28. The molecule has 1 aromatic carbocycles. The van der Waals surface area contributed by atoms with Crippen molar-refractivity contribution in [2.24, 2.45) is 0 Å². The topological polar surface area (TPSA) is 38.9 Å². The highest BCUT2D eigenvalue weighted by molar-refractivity contribution is 5.93. The fraction of sp³-hybridized carbons (Fsp3) is 0.357. The molecule has 0 radical (unpaired) electrons. The molecule has 86 valence electrons. The largest absolute Gasteiger partial charge is 0.398 e. The van der Waals surface area contributed by atoms with Crippen LogP contribution in [0, 0.1) is 5.82 Å². The second kappa shape index (κ2) is 2.97. The van der Waals surface area contributed by atoms with Crippen molar-refractivity contribution in [3.63, 3.8) is 0 Å². The van der Waals surface area contributed by atoms with Gasteiger partial charge in [0.25, 0.3) is 0 Å². The number of hydrogen-bond acceptors (Lipinski definition) is 2. The molecule has 1 aromatic heterocycles. The molecule has 0 spiro atoms. The summed E-state index contributed by atoms with van der Waals surface area (Å²) in [6, 6.07) is 4.69. The Morgan fingerprint density at radius 3 is 2.94 bits per heavy atom. The Labute approximate surface area is 98.7 Å². The van der Waals surface area contributed by atoms with Gasteiger partial charge in [-0.1, -0.05) is 0 Å². The number of halogens is 1. The van der Waals surface area contributed by atoms with E-state index in [9.17, 15) is 4.39 Å². The Kier molecular flexibility index (Phi) is 1.64. The molecule has 2 N–H and O–H groups in total. The average Bonchev–Trinajstić information content (AvgIpc) is 2.89. The Morgan fingerprint density at radius 1 is 1.24 bits per heavy atom. The summed E-state index contributed by atoms with van der Waals surface area (Å²) in [4.78, 5) is 4.64. The lowest BCUT2D eigenvalue weighted by atomic mass is 9.93. The van der Waals surface area contributed by atoms with Gasteiger partial charge in [-0.3, -0.25) is 4.98 Å². The number of fused-ring (bicyclic) bond motifs is 6. The van der Waals surface area contributed by atoms with Crippen LogP contribution in [0.1, 0.15) is 42.4 Å². The molecule has 0 aliphatic heterocycles.